The predicted octanol–water partition coefficient (Wildman–Crippen LogP) is 6.32. The van der Waals surface area contributed by atoms with Gasteiger partial charge in [0, 0.05) is 42.9 Å². The quantitative estimate of drug-likeness (QED) is 0.134. The number of halogens is 1. The summed E-state index contributed by atoms with van der Waals surface area (Å²) in [7, 11) is 1.41. The molecule has 2 aliphatic rings. The van der Waals surface area contributed by atoms with Crippen molar-refractivity contribution in [3.8, 4) is 23.0 Å². The number of fused-ring (bicyclic) bond motifs is 1. The van der Waals surface area contributed by atoms with E-state index >= 15 is 0 Å². The van der Waals surface area contributed by atoms with Crippen LogP contribution in [0.15, 0.2) is 64.0 Å². The molecule has 1 saturated carbocycles. The van der Waals surface area contributed by atoms with E-state index in [0.29, 0.717) is 58.5 Å². The van der Waals surface area contributed by atoms with Gasteiger partial charge in [0.05, 0.1) is 46.1 Å². The van der Waals surface area contributed by atoms with Crippen LogP contribution in [0.25, 0.3) is 11.0 Å². The number of methoxy groups -OCH3 is 4. The number of H-pyrrole nitrogens is 1. The Balaban J connectivity index is 1.32. The summed E-state index contributed by atoms with van der Waals surface area (Å²) in [5, 5.41) is 15.4. The normalized spacial score (nSPS) is 15.8. The third-order valence-electron chi connectivity index (χ3n) is 9.30. The molecule has 5 aromatic rings. The summed E-state index contributed by atoms with van der Waals surface area (Å²) in [6, 6.07) is 15.5. The number of likely N-dealkylation sites (tertiary alicyclic amines) is 1. The Morgan fingerprint density at radius 2 is 1.66 bits per heavy atom. The van der Waals surface area contributed by atoms with Crippen LogP contribution in [-0.4, -0.2) is 76.4 Å². The van der Waals surface area contributed by atoms with Crippen molar-refractivity contribution in [1.29, 1.82) is 0 Å². The lowest BCUT2D eigenvalue weighted by Gasteiger charge is -2.39. The second-order valence-electron chi connectivity index (χ2n) is 12.5. The van der Waals surface area contributed by atoms with E-state index in [2.05, 4.69) is 20.7 Å². The minimum absolute atomic E-state index is 0.0348. The van der Waals surface area contributed by atoms with Crippen molar-refractivity contribution < 1.29 is 36.3 Å². The molecule has 2 aromatic heterocycles. The van der Waals surface area contributed by atoms with Crippen LogP contribution in [0, 0.1) is 0 Å². The van der Waals surface area contributed by atoms with Crippen LogP contribution in [0.5, 0.6) is 23.0 Å². The molecule has 1 aliphatic carbocycles. The smallest absolute Gasteiger partial charge is 0.273 e. The average molecular weight is 707 g/mol. The molecule has 50 heavy (non-hydrogen) atoms. The molecule has 1 unspecified atom stereocenters. The zero-order valence-electron chi connectivity index (χ0n) is 28.4. The Morgan fingerprint density at radius 3 is 2.26 bits per heavy atom. The number of benzene rings is 3. The van der Waals surface area contributed by atoms with Crippen LogP contribution in [0.1, 0.15) is 48.5 Å². The molecular weight excluding hydrogens is 667 g/mol. The number of rotatable bonds is 14. The molecule has 2 N–H and O–H groups in total. The molecule has 3 aromatic carbocycles. The molecule has 2 fully saturated rings. The minimum Gasteiger partial charge on any atom is -0.497 e. The molecule has 0 bridgehead atoms. The first-order valence-electron chi connectivity index (χ1n) is 16.2. The molecule has 0 spiro atoms. The van der Waals surface area contributed by atoms with Crippen molar-refractivity contribution >= 4 is 38.3 Å². The lowest BCUT2D eigenvalue weighted by Crippen LogP contribution is -2.49. The fraction of sp³-hybridized carbons (Fsp3) is 0.371. The van der Waals surface area contributed by atoms with E-state index < -0.39 is 16.2 Å². The number of nitrogens with one attached hydrogen (secondary N) is 2. The van der Waals surface area contributed by atoms with Gasteiger partial charge in [-0.1, -0.05) is 17.3 Å². The van der Waals surface area contributed by atoms with Crippen molar-refractivity contribution in [3.05, 3.63) is 71.4 Å². The average Bonchev–Trinajstić information content (AvgIpc) is 3.73. The maximum Gasteiger partial charge on any atom is 0.273 e. The van der Waals surface area contributed by atoms with Gasteiger partial charge in [-0.15, -0.1) is 0 Å². The van der Waals surface area contributed by atoms with Gasteiger partial charge in [-0.25, -0.2) is 17.1 Å². The topological polar surface area (TPSA) is 144 Å². The molecule has 1 aliphatic heterocycles. The zero-order valence-corrected chi connectivity index (χ0v) is 29.2. The fourth-order valence-corrected chi connectivity index (χ4v) is 7.89. The number of aromatic nitrogens is 3. The number of hydrogen-bond acceptors (Lipinski definition) is 11. The molecule has 13 nitrogen and oxygen atoms in total. The lowest BCUT2D eigenvalue weighted by atomic mass is 10.0. The van der Waals surface area contributed by atoms with E-state index in [9.17, 15) is 12.8 Å². The molecule has 0 amide bonds. The molecular formula is C35H39FN6O7S. The van der Waals surface area contributed by atoms with Crippen LogP contribution in [0.4, 0.5) is 21.7 Å². The fourth-order valence-electron chi connectivity index (χ4n) is 6.20. The first-order chi connectivity index (χ1) is 24.1. The Kier molecular flexibility index (Phi) is 8.95. The van der Waals surface area contributed by atoms with Crippen LogP contribution in [0.2, 0.25) is 0 Å². The highest BCUT2D eigenvalue weighted by atomic mass is 32.2. The maximum absolute atomic E-state index is 15.0. The number of hydrogen-bond donors (Lipinski definition) is 2. The summed E-state index contributed by atoms with van der Waals surface area (Å²) >= 11 is 0. The van der Waals surface area contributed by atoms with Gasteiger partial charge in [0.2, 0.25) is 0 Å². The lowest BCUT2D eigenvalue weighted by molar-refractivity contribution is 0.0329. The Morgan fingerprint density at radius 1 is 0.980 bits per heavy atom. The van der Waals surface area contributed by atoms with Crippen molar-refractivity contribution in [3.63, 3.8) is 0 Å². The number of alkyl halides is 1. The third-order valence-corrected chi connectivity index (χ3v) is 11.1. The van der Waals surface area contributed by atoms with Crippen molar-refractivity contribution in [2.45, 2.75) is 49.3 Å². The Bertz CT molecular complexity index is 2080. The zero-order chi connectivity index (χ0) is 35.2. The van der Waals surface area contributed by atoms with Gasteiger partial charge in [0.25, 0.3) is 10.0 Å². The second kappa shape index (κ2) is 13.4. The van der Waals surface area contributed by atoms with Gasteiger partial charge in [-0.3, -0.25) is 10.00 Å². The largest absolute Gasteiger partial charge is 0.497 e. The van der Waals surface area contributed by atoms with E-state index in [4.69, 9.17) is 23.5 Å². The molecule has 15 heteroatoms. The van der Waals surface area contributed by atoms with Gasteiger partial charge in [-0.05, 0) is 61.2 Å². The highest BCUT2D eigenvalue weighted by molar-refractivity contribution is 7.93. The summed E-state index contributed by atoms with van der Waals surface area (Å²) in [6.07, 6.45) is 1.38. The first kappa shape index (κ1) is 33.5. The highest BCUT2D eigenvalue weighted by Gasteiger charge is 2.37. The molecule has 7 rings (SSSR count). The standard InChI is InChI=1S/C35H39FN6O7S/c1-20(41-18-24(36)19-41)23-12-31(47-4)34(32(13-23)48-5)50(43,44)42(17-21-6-10-25(45-2)11-7-21)35-26-14-30(46-3)28(15-29(26)49-40-35)37-33-16-27(38-39-33)22-8-9-22/h6-7,10-16,20,22,24H,8-9,17-19H2,1-5H3,(H2,37,38,39). The van der Waals surface area contributed by atoms with E-state index in [0.717, 1.165) is 28.4 Å². The SMILES string of the molecule is COc1ccc(CN(c2noc3cc(Nc4cc(C5CC5)[nH]n4)c(OC)cc23)S(=O)(=O)c2c(OC)cc(C(C)N3CC(F)C3)cc2OC)cc1. The van der Waals surface area contributed by atoms with E-state index in [-0.39, 0.29) is 34.8 Å². The second-order valence-corrected chi connectivity index (χ2v) is 14.3. The van der Waals surface area contributed by atoms with Crippen LogP contribution in [-0.2, 0) is 16.6 Å². The summed E-state index contributed by atoms with van der Waals surface area (Å²) in [5.41, 5.74) is 3.33. The Hall–Kier alpha value is -5.02. The Labute approximate surface area is 289 Å². The summed E-state index contributed by atoms with van der Waals surface area (Å²) < 4.78 is 73.0. The van der Waals surface area contributed by atoms with Crippen LogP contribution >= 0.6 is 0 Å². The van der Waals surface area contributed by atoms with E-state index in [1.54, 1.807) is 55.6 Å². The maximum atomic E-state index is 15.0. The minimum atomic E-state index is -4.47. The monoisotopic (exact) mass is 706 g/mol. The highest BCUT2D eigenvalue weighted by Crippen LogP contribution is 2.44. The van der Waals surface area contributed by atoms with Crippen molar-refractivity contribution in [2.24, 2.45) is 0 Å². The number of sulfonamides is 1. The van der Waals surface area contributed by atoms with E-state index in [1.807, 2.05) is 17.9 Å². The third kappa shape index (κ3) is 6.26. The number of aromatic amines is 1. The molecule has 264 valence electrons. The van der Waals surface area contributed by atoms with Crippen LogP contribution in [0.3, 0.4) is 0 Å². The number of anilines is 3. The predicted molar refractivity (Wildman–Crippen MR) is 185 cm³/mol. The molecule has 1 atom stereocenters. The molecule has 1 saturated heterocycles. The number of nitrogens with zero attached hydrogens (tertiary/aromatic N) is 4. The van der Waals surface area contributed by atoms with Crippen molar-refractivity contribution in [1.82, 2.24) is 20.3 Å². The molecule has 0 radical (unpaired) electrons. The van der Waals surface area contributed by atoms with Crippen LogP contribution < -0.4 is 28.6 Å². The van der Waals surface area contributed by atoms with Gasteiger partial charge in [0.15, 0.2) is 22.1 Å². The van der Waals surface area contributed by atoms with Gasteiger partial charge < -0.3 is 28.8 Å². The van der Waals surface area contributed by atoms with E-state index in [1.165, 1.54) is 21.3 Å². The van der Waals surface area contributed by atoms with Gasteiger partial charge in [0.1, 0.15) is 29.2 Å². The summed E-state index contributed by atoms with van der Waals surface area (Å²) in [6.45, 7) is 2.40. The summed E-state index contributed by atoms with van der Waals surface area (Å²) in [5.74, 6) is 2.34. The van der Waals surface area contributed by atoms with Crippen molar-refractivity contribution in [2.75, 3.05) is 51.2 Å². The summed E-state index contributed by atoms with van der Waals surface area (Å²) in [4.78, 5) is 1.77. The molecule has 3 heterocycles. The number of ether oxygens (including phenoxy) is 4. The van der Waals surface area contributed by atoms with Gasteiger partial charge >= 0.3 is 0 Å². The first-order valence-corrected chi connectivity index (χ1v) is 17.7. The van der Waals surface area contributed by atoms with Gasteiger partial charge in [-0.2, -0.15) is 5.10 Å².